The van der Waals surface area contributed by atoms with Gasteiger partial charge in [0.25, 0.3) is 0 Å². The van der Waals surface area contributed by atoms with Crippen LogP contribution in [0.1, 0.15) is 25.7 Å². The Kier molecular flexibility index (Phi) is 5.98. The van der Waals surface area contributed by atoms with Crippen LogP contribution in [-0.2, 0) is 10.0 Å². The number of benzene rings is 1. The molecule has 0 atom stereocenters. The van der Waals surface area contributed by atoms with E-state index in [1.165, 1.54) is 25.0 Å². The second-order valence-corrected chi connectivity index (χ2v) is 7.40. The molecule has 0 aromatic heterocycles. The Hall–Kier alpha value is -0.690. The van der Waals surface area contributed by atoms with Crippen molar-refractivity contribution in [2.45, 2.75) is 30.6 Å². The molecular weight excluding hydrogens is 315 g/mol. The van der Waals surface area contributed by atoms with Gasteiger partial charge in [0.15, 0.2) is 0 Å². The summed E-state index contributed by atoms with van der Waals surface area (Å²) < 4.78 is 40.2. The van der Waals surface area contributed by atoms with E-state index in [-0.39, 0.29) is 16.5 Å². The maximum atomic E-state index is 13.7. The molecule has 1 aliphatic heterocycles. The average molecular weight is 335 g/mol. The van der Waals surface area contributed by atoms with E-state index < -0.39 is 15.8 Å². The molecule has 0 amide bonds. The first-order chi connectivity index (χ1) is 9.99. The zero-order valence-electron chi connectivity index (χ0n) is 11.8. The predicted molar refractivity (Wildman–Crippen MR) is 81.5 cm³/mol. The lowest BCUT2D eigenvalue weighted by Gasteiger charge is -2.19. The van der Waals surface area contributed by atoms with Crippen LogP contribution in [0.5, 0.6) is 0 Å². The van der Waals surface area contributed by atoms with Crippen LogP contribution in [0, 0.1) is 5.82 Å². The number of halogens is 2. The highest BCUT2D eigenvalue weighted by Crippen LogP contribution is 2.18. The molecule has 4 nitrogen and oxygen atoms in total. The molecule has 1 saturated heterocycles. The van der Waals surface area contributed by atoms with Crippen LogP contribution in [0.25, 0.3) is 0 Å². The summed E-state index contributed by atoms with van der Waals surface area (Å²) in [6.45, 7) is 2.92. The molecule has 1 aliphatic rings. The number of nitrogens with one attached hydrogen (secondary N) is 1. The quantitative estimate of drug-likeness (QED) is 0.900. The van der Waals surface area contributed by atoms with Crippen molar-refractivity contribution >= 4 is 21.6 Å². The van der Waals surface area contributed by atoms with Crippen molar-refractivity contribution in [2.75, 3.05) is 26.2 Å². The van der Waals surface area contributed by atoms with Crippen LogP contribution < -0.4 is 4.72 Å². The van der Waals surface area contributed by atoms with Crippen molar-refractivity contribution in [1.82, 2.24) is 9.62 Å². The highest BCUT2D eigenvalue weighted by Gasteiger charge is 2.19. The summed E-state index contributed by atoms with van der Waals surface area (Å²) in [7, 11) is -3.83. The van der Waals surface area contributed by atoms with Crippen LogP contribution in [0.4, 0.5) is 4.39 Å². The van der Waals surface area contributed by atoms with Crippen molar-refractivity contribution in [1.29, 1.82) is 0 Å². The predicted octanol–water partition coefficient (Wildman–Crippen LogP) is 2.63. The van der Waals surface area contributed by atoms with Gasteiger partial charge in [-0.05, 0) is 44.1 Å². The molecule has 1 aromatic carbocycles. The molecule has 7 heteroatoms. The van der Waals surface area contributed by atoms with Crippen LogP contribution in [0.2, 0.25) is 5.02 Å². The number of hydrogen-bond donors (Lipinski definition) is 1. The maximum Gasteiger partial charge on any atom is 0.243 e. The smallest absolute Gasteiger partial charge is 0.243 e. The molecule has 0 aliphatic carbocycles. The van der Waals surface area contributed by atoms with E-state index in [0.29, 0.717) is 6.54 Å². The standard InChI is InChI=1S/C14H20ClFN2O2S/c15-12-5-6-14(13(16)11-12)21(19,20)17-7-10-18-8-3-1-2-4-9-18/h5-6,11,17H,1-4,7-10H2. The minimum Gasteiger partial charge on any atom is -0.302 e. The fourth-order valence-corrected chi connectivity index (χ4v) is 3.71. The normalized spacial score (nSPS) is 17.6. The number of nitrogens with zero attached hydrogens (tertiary/aromatic N) is 1. The molecule has 1 heterocycles. The van der Waals surface area contributed by atoms with Crippen molar-refractivity contribution in [3.63, 3.8) is 0 Å². The van der Waals surface area contributed by atoms with Crippen LogP contribution >= 0.6 is 11.6 Å². The summed E-state index contributed by atoms with van der Waals surface area (Å²) in [5, 5.41) is 0.177. The SMILES string of the molecule is O=S(=O)(NCCN1CCCCCC1)c1ccc(Cl)cc1F. The Morgan fingerprint density at radius 1 is 1.19 bits per heavy atom. The average Bonchev–Trinajstić information content (AvgIpc) is 2.66. The highest BCUT2D eigenvalue weighted by molar-refractivity contribution is 7.89. The van der Waals surface area contributed by atoms with E-state index in [2.05, 4.69) is 9.62 Å². The highest BCUT2D eigenvalue weighted by atomic mass is 35.5. The monoisotopic (exact) mass is 334 g/mol. The van der Waals surface area contributed by atoms with Gasteiger partial charge in [-0.3, -0.25) is 0 Å². The molecule has 21 heavy (non-hydrogen) atoms. The molecule has 0 bridgehead atoms. The summed E-state index contributed by atoms with van der Waals surface area (Å²) in [5.41, 5.74) is 0. The minimum absolute atomic E-state index is 0.177. The van der Waals surface area contributed by atoms with Gasteiger partial charge in [0, 0.05) is 18.1 Å². The first-order valence-electron chi connectivity index (χ1n) is 7.16. The first-order valence-corrected chi connectivity index (χ1v) is 9.02. The second kappa shape index (κ2) is 7.54. The molecule has 1 aromatic rings. The third kappa shape index (κ3) is 4.92. The molecule has 0 saturated carbocycles. The molecule has 1 N–H and O–H groups in total. The largest absolute Gasteiger partial charge is 0.302 e. The molecular formula is C14H20ClFN2O2S. The topological polar surface area (TPSA) is 49.4 Å². The molecule has 1 fully saturated rings. The van der Waals surface area contributed by atoms with Crippen LogP contribution in [-0.4, -0.2) is 39.5 Å². The number of likely N-dealkylation sites (tertiary alicyclic amines) is 1. The third-order valence-electron chi connectivity index (χ3n) is 3.60. The van der Waals surface area contributed by atoms with E-state index >= 15 is 0 Å². The van der Waals surface area contributed by atoms with Gasteiger partial charge >= 0.3 is 0 Å². The molecule has 0 unspecified atom stereocenters. The third-order valence-corrected chi connectivity index (χ3v) is 5.33. The van der Waals surface area contributed by atoms with Crippen molar-refractivity contribution in [2.24, 2.45) is 0 Å². The van der Waals surface area contributed by atoms with Gasteiger partial charge < -0.3 is 4.90 Å². The van der Waals surface area contributed by atoms with Crippen molar-refractivity contribution in [3.8, 4) is 0 Å². The van der Waals surface area contributed by atoms with Crippen LogP contribution in [0.15, 0.2) is 23.1 Å². The van der Waals surface area contributed by atoms with E-state index in [1.54, 1.807) is 0 Å². The minimum atomic E-state index is -3.83. The Morgan fingerprint density at radius 2 is 1.86 bits per heavy atom. The number of rotatable bonds is 5. The first kappa shape index (κ1) is 16.7. The van der Waals surface area contributed by atoms with Crippen LogP contribution in [0.3, 0.4) is 0 Å². The second-order valence-electron chi connectivity index (χ2n) is 5.23. The summed E-state index contributed by atoms with van der Waals surface area (Å²) in [5.74, 6) is -0.829. The molecule has 2 rings (SSSR count). The zero-order valence-corrected chi connectivity index (χ0v) is 13.4. The van der Waals surface area contributed by atoms with E-state index in [1.807, 2.05) is 0 Å². The lowest BCUT2D eigenvalue weighted by atomic mass is 10.2. The zero-order chi connectivity index (χ0) is 15.3. The summed E-state index contributed by atoms with van der Waals surface area (Å²) in [6.07, 6.45) is 4.77. The summed E-state index contributed by atoms with van der Waals surface area (Å²) in [4.78, 5) is 1.89. The number of hydrogen-bond acceptors (Lipinski definition) is 3. The fourth-order valence-electron chi connectivity index (χ4n) is 2.47. The van der Waals surface area contributed by atoms with Gasteiger partial charge in [-0.2, -0.15) is 0 Å². The molecule has 0 radical (unpaired) electrons. The fraction of sp³-hybridized carbons (Fsp3) is 0.571. The Labute approximate surface area is 130 Å². The van der Waals surface area contributed by atoms with E-state index in [4.69, 9.17) is 11.6 Å². The van der Waals surface area contributed by atoms with Gasteiger partial charge in [-0.25, -0.2) is 17.5 Å². The number of sulfonamides is 1. The van der Waals surface area contributed by atoms with E-state index in [9.17, 15) is 12.8 Å². The molecule has 0 spiro atoms. The van der Waals surface area contributed by atoms with Gasteiger partial charge in [0.2, 0.25) is 10.0 Å². The van der Waals surface area contributed by atoms with Gasteiger partial charge in [0.1, 0.15) is 10.7 Å². The van der Waals surface area contributed by atoms with Gasteiger partial charge in [-0.1, -0.05) is 24.4 Å². The van der Waals surface area contributed by atoms with Gasteiger partial charge in [0.05, 0.1) is 0 Å². The summed E-state index contributed by atoms with van der Waals surface area (Å²) >= 11 is 5.63. The van der Waals surface area contributed by atoms with Gasteiger partial charge in [-0.15, -0.1) is 0 Å². The van der Waals surface area contributed by atoms with Crippen molar-refractivity contribution < 1.29 is 12.8 Å². The van der Waals surface area contributed by atoms with Crippen molar-refractivity contribution in [3.05, 3.63) is 29.0 Å². The Morgan fingerprint density at radius 3 is 2.48 bits per heavy atom. The maximum absolute atomic E-state index is 13.7. The lowest BCUT2D eigenvalue weighted by Crippen LogP contribution is -2.35. The van der Waals surface area contributed by atoms with E-state index in [0.717, 1.165) is 32.0 Å². The lowest BCUT2D eigenvalue weighted by molar-refractivity contribution is 0.290. The Bertz CT molecular complexity index is 572. The Balaban J connectivity index is 1.91. The summed E-state index contributed by atoms with van der Waals surface area (Å²) in [6, 6.07) is 3.56. The molecule has 118 valence electrons.